The number of nitrogens with zero attached hydrogens (tertiary/aromatic N) is 5. The third kappa shape index (κ3) is 5.99. The van der Waals surface area contributed by atoms with Gasteiger partial charge < -0.3 is 4.74 Å². The van der Waals surface area contributed by atoms with Gasteiger partial charge in [0.1, 0.15) is 0 Å². The topological polar surface area (TPSA) is 70.9 Å². The smallest absolute Gasteiger partial charge is 0.383 e. The van der Waals surface area contributed by atoms with Gasteiger partial charge in [-0.1, -0.05) is 23.7 Å². The molecule has 2 amide bonds. The molecule has 13 heteroatoms. The number of halogens is 4. The van der Waals surface area contributed by atoms with E-state index in [1.54, 1.807) is 42.6 Å². The van der Waals surface area contributed by atoms with Gasteiger partial charge in [-0.25, -0.2) is 5.01 Å². The SMILES string of the molecule is COCCN1CCN(N2C(=O)S/C(=C\c3ccc4c(cnn4Cc4ccc(Cl)cc4C(F)(F)F)c3)C2=O)CC1. The van der Waals surface area contributed by atoms with Crippen molar-refractivity contribution in [1.29, 1.82) is 0 Å². The van der Waals surface area contributed by atoms with Gasteiger partial charge in [-0.05, 0) is 53.2 Å². The van der Waals surface area contributed by atoms with Crippen molar-refractivity contribution in [2.75, 3.05) is 46.4 Å². The summed E-state index contributed by atoms with van der Waals surface area (Å²) < 4.78 is 47.2. The molecule has 3 heterocycles. The van der Waals surface area contributed by atoms with Crippen LogP contribution in [0.1, 0.15) is 16.7 Å². The number of hydrogen-bond donors (Lipinski definition) is 0. The van der Waals surface area contributed by atoms with Crippen LogP contribution in [0.25, 0.3) is 17.0 Å². The predicted octanol–water partition coefficient (Wildman–Crippen LogP) is 4.97. The number of methoxy groups -OCH3 is 1. The fourth-order valence-corrected chi connectivity index (χ4v) is 5.68. The first kappa shape index (κ1) is 27.7. The first-order valence-corrected chi connectivity index (χ1v) is 13.4. The van der Waals surface area contributed by atoms with E-state index in [0.29, 0.717) is 41.1 Å². The molecule has 39 heavy (non-hydrogen) atoms. The van der Waals surface area contributed by atoms with Gasteiger partial charge in [-0.15, -0.1) is 0 Å². The van der Waals surface area contributed by atoms with Crippen LogP contribution in [0, 0.1) is 0 Å². The van der Waals surface area contributed by atoms with Crippen molar-refractivity contribution in [3.05, 3.63) is 69.2 Å². The normalized spacial score (nSPS) is 18.7. The maximum absolute atomic E-state index is 13.5. The number of carbonyl (C=O) groups excluding carboxylic acids is 2. The molecule has 2 aliphatic rings. The Morgan fingerprint density at radius 1 is 1.10 bits per heavy atom. The number of carbonyl (C=O) groups is 2. The minimum atomic E-state index is -4.54. The molecular formula is C26H25ClF3N5O3S. The van der Waals surface area contributed by atoms with E-state index in [1.165, 1.54) is 21.8 Å². The van der Waals surface area contributed by atoms with Crippen LogP contribution in [0.3, 0.4) is 0 Å². The van der Waals surface area contributed by atoms with E-state index >= 15 is 0 Å². The zero-order valence-corrected chi connectivity index (χ0v) is 22.5. The molecule has 2 aromatic carbocycles. The molecular weight excluding hydrogens is 555 g/mol. The second-order valence-corrected chi connectivity index (χ2v) is 10.6. The minimum Gasteiger partial charge on any atom is -0.383 e. The highest BCUT2D eigenvalue weighted by atomic mass is 35.5. The van der Waals surface area contributed by atoms with Crippen LogP contribution >= 0.6 is 23.4 Å². The summed E-state index contributed by atoms with van der Waals surface area (Å²) in [6, 6.07) is 8.95. The van der Waals surface area contributed by atoms with Crippen LogP contribution in [0.2, 0.25) is 5.02 Å². The van der Waals surface area contributed by atoms with Gasteiger partial charge in [0.25, 0.3) is 5.91 Å². The summed E-state index contributed by atoms with van der Waals surface area (Å²) in [7, 11) is 1.65. The molecule has 3 aromatic rings. The summed E-state index contributed by atoms with van der Waals surface area (Å²) in [6.45, 7) is 3.91. The van der Waals surface area contributed by atoms with Crippen LogP contribution in [-0.4, -0.2) is 82.3 Å². The summed E-state index contributed by atoms with van der Waals surface area (Å²) in [5.74, 6) is -0.367. The number of thioether (sulfide) groups is 1. The number of alkyl halides is 3. The Morgan fingerprint density at radius 3 is 2.59 bits per heavy atom. The van der Waals surface area contributed by atoms with Crippen molar-refractivity contribution in [1.82, 2.24) is 24.7 Å². The highest BCUT2D eigenvalue weighted by molar-refractivity contribution is 8.18. The van der Waals surface area contributed by atoms with Crippen LogP contribution in [0.5, 0.6) is 0 Å². The Bertz CT molecular complexity index is 1440. The standard InChI is InChI=1S/C26H25ClF3N5O3S/c1-38-11-10-32-6-8-33(9-7-32)35-24(36)23(39-25(35)37)13-17-2-5-22-19(12-17)15-31-34(22)16-18-3-4-20(27)14-21(18)26(28,29)30/h2-5,12-15H,6-11,16H2,1H3/b23-13-. The highest BCUT2D eigenvalue weighted by Gasteiger charge is 2.40. The van der Waals surface area contributed by atoms with E-state index in [-0.39, 0.29) is 28.3 Å². The number of hydrazine groups is 1. The predicted molar refractivity (Wildman–Crippen MR) is 143 cm³/mol. The maximum atomic E-state index is 13.5. The lowest BCUT2D eigenvalue weighted by atomic mass is 10.1. The fourth-order valence-electron chi connectivity index (χ4n) is 4.67. The lowest BCUT2D eigenvalue weighted by Crippen LogP contribution is -2.55. The Kier molecular flexibility index (Phi) is 8.01. The monoisotopic (exact) mass is 579 g/mol. The van der Waals surface area contributed by atoms with E-state index in [9.17, 15) is 22.8 Å². The van der Waals surface area contributed by atoms with Gasteiger partial charge in [0, 0.05) is 50.2 Å². The second kappa shape index (κ2) is 11.3. The summed E-state index contributed by atoms with van der Waals surface area (Å²) >= 11 is 6.68. The van der Waals surface area contributed by atoms with Crippen molar-refractivity contribution in [2.24, 2.45) is 0 Å². The van der Waals surface area contributed by atoms with Crippen molar-refractivity contribution in [3.8, 4) is 0 Å². The fraction of sp³-hybridized carbons (Fsp3) is 0.346. The van der Waals surface area contributed by atoms with Gasteiger partial charge in [-0.3, -0.25) is 19.2 Å². The van der Waals surface area contributed by atoms with Crippen LogP contribution in [-0.2, 0) is 22.3 Å². The summed E-state index contributed by atoms with van der Waals surface area (Å²) in [5, 5.41) is 7.63. The highest BCUT2D eigenvalue weighted by Crippen LogP contribution is 2.36. The van der Waals surface area contributed by atoms with Gasteiger partial charge in [-0.2, -0.15) is 23.3 Å². The van der Waals surface area contributed by atoms with Gasteiger partial charge >= 0.3 is 11.4 Å². The minimum absolute atomic E-state index is 0.00906. The molecule has 0 atom stereocenters. The Balaban J connectivity index is 1.31. The van der Waals surface area contributed by atoms with Gasteiger partial charge in [0.2, 0.25) is 0 Å². The maximum Gasteiger partial charge on any atom is 0.416 e. The van der Waals surface area contributed by atoms with E-state index in [1.807, 2.05) is 0 Å². The molecule has 2 saturated heterocycles. The molecule has 206 valence electrons. The molecule has 2 fully saturated rings. The molecule has 0 spiro atoms. The molecule has 0 saturated carbocycles. The lowest BCUT2D eigenvalue weighted by molar-refractivity contribution is -0.138. The summed E-state index contributed by atoms with van der Waals surface area (Å²) in [4.78, 5) is 28.3. The van der Waals surface area contributed by atoms with E-state index in [0.717, 1.165) is 37.5 Å². The average molecular weight is 580 g/mol. The molecule has 8 nitrogen and oxygen atoms in total. The van der Waals surface area contributed by atoms with Crippen LogP contribution in [0.15, 0.2) is 47.5 Å². The molecule has 0 unspecified atom stereocenters. The summed E-state index contributed by atoms with van der Waals surface area (Å²) in [6.07, 6.45) is -1.33. The average Bonchev–Trinajstić information content (AvgIpc) is 3.42. The number of benzene rings is 2. The lowest BCUT2D eigenvalue weighted by Gasteiger charge is -2.37. The molecule has 0 N–H and O–H groups in total. The molecule has 0 bridgehead atoms. The van der Waals surface area contributed by atoms with Gasteiger partial charge in [0.15, 0.2) is 0 Å². The van der Waals surface area contributed by atoms with E-state index < -0.39 is 11.7 Å². The quantitative estimate of drug-likeness (QED) is 0.366. The molecule has 2 aliphatic heterocycles. The number of piperazine rings is 1. The van der Waals surface area contributed by atoms with Crippen molar-refractivity contribution < 1.29 is 27.5 Å². The van der Waals surface area contributed by atoms with Crippen LogP contribution in [0.4, 0.5) is 18.0 Å². The summed E-state index contributed by atoms with van der Waals surface area (Å²) in [5.41, 5.74) is 0.561. The Labute approximate surface area is 231 Å². The number of ether oxygens (including phenoxy) is 1. The number of imide groups is 1. The second-order valence-electron chi connectivity index (χ2n) is 9.20. The Hall–Kier alpha value is -2.90. The third-order valence-electron chi connectivity index (χ3n) is 6.68. The first-order chi connectivity index (χ1) is 18.6. The number of aromatic nitrogens is 2. The van der Waals surface area contributed by atoms with Crippen molar-refractivity contribution in [3.63, 3.8) is 0 Å². The molecule has 5 rings (SSSR count). The molecule has 0 aliphatic carbocycles. The number of amides is 2. The third-order valence-corrected chi connectivity index (χ3v) is 7.77. The zero-order valence-electron chi connectivity index (χ0n) is 20.9. The first-order valence-electron chi connectivity index (χ1n) is 12.2. The van der Waals surface area contributed by atoms with Crippen molar-refractivity contribution in [2.45, 2.75) is 12.7 Å². The van der Waals surface area contributed by atoms with Crippen LogP contribution < -0.4 is 0 Å². The number of rotatable bonds is 7. The molecule has 1 aromatic heterocycles. The molecule has 0 radical (unpaired) electrons. The van der Waals surface area contributed by atoms with E-state index in [2.05, 4.69) is 10.00 Å². The Morgan fingerprint density at radius 2 is 1.87 bits per heavy atom. The zero-order chi connectivity index (χ0) is 27.7. The van der Waals surface area contributed by atoms with Gasteiger partial charge in [0.05, 0.1) is 35.3 Å². The van der Waals surface area contributed by atoms with E-state index in [4.69, 9.17) is 16.3 Å². The number of hydrogen-bond acceptors (Lipinski definition) is 7. The van der Waals surface area contributed by atoms with Crippen molar-refractivity contribution >= 4 is 51.5 Å². The number of fused-ring (bicyclic) bond motifs is 1. The largest absolute Gasteiger partial charge is 0.416 e.